The van der Waals surface area contributed by atoms with E-state index in [1.54, 1.807) is 17.0 Å². The Morgan fingerprint density at radius 3 is 2.26 bits per heavy atom. The number of benzene rings is 2. The van der Waals surface area contributed by atoms with Gasteiger partial charge in [0.25, 0.3) is 5.56 Å². The minimum Gasteiger partial charge on any atom is -0.493 e. The third-order valence-electron chi connectivity index (χ3n) is 8.08. The zero-order valence-corrected chi connectivity index (χ0v) is 27.3. The van der Waals surface area contributed by atoms with E-state index in [4.69, 9.17) is 4.74 Å². The van der Waals surface area contributed by atoms with Crippen molar-refractivity contribution >= 4 is 28.4 Å². The number of unbranched alkanes of at least 4 members (excludes halogenated alkanes) is 1. The van der Waals surface area contributed by atoms with Gasteiger partial charge < -0.3 is 15.4 Å². The molecule has 2 amide bonds. The molecule has 0 saturated heterocycles. The molecule has 0 aliphatic carbocycles. The molecule has 2 N–H and O–H groups in total. The van der Waals surface area contributed by atoms with Gasteiger partial charge in [-0.15, -0.1) is 0 Å². The number of fused-ring (bicyclic) bond motifs is 1. The number of ether oxygens (including phenoxy) is 1. The van der Waals surface area contributed by atoms with Gasteiger partial charge in [-0.3, -0.25) is 14.3 Å². The fourth-order valence-corrected chi connectivity index (χ4v) is 5.73. The maximum absolute atomic E-state index is 14.3. The molecule has 2 aromatic carbocycles. The molecule has 0 radical (unpaired) electrons. The average Bonchev–Trinajstić information content (AvgIpc) is 3.05. The fraction of sp³-hybridized carbons (Fsp3) is 0.316. The van der Waals surface area contributed by atoms with Crippen molar-refractivity contribution in [3.05, 3.63) is 112 Å². The number of aromatic nitrogens is 3. The molecule has 0 bridgehead atoms. The molecular weight excluding hydrogens is 574 g/mol. The lowest BCUT2D eigenvalue weighted by atomic mass is 9.93. The molecule has 46 heavy (non-hydrogen) atoms. The highest BCUT2D eigenvalue weighted by Crippen LogP contribution is 2.36. The number of rotatable bonds is 12. The lowest BCUT2D eigenvalue weighted by molar-refractivity contribution is 0.262. The molecule has 0 atom stereocenters. The Kier molecular flexibility index (Phi) is 10.5. The molecule has 0 aliphatic heterocycles. The van der Waals surface area contributed by atoms with Crippen LogP contribution in [0.15, 0.2) is 90.0 Å². The Morgan fingerprint density at radius 1 is 0.848 bits per heavy atom. The maximum atomic E-state index is 14.3. The van der Waals surface area contributed by atoms with Gasteiger partial charge in [0.15, 0.2) is 0 Å². The standard InChI is InChI=1S/C38H43N5O3/c1-6-7-22-43-36-32(18-12-21-40-36)33(27-13-10-15-29(24-27)46-23-19-28-14-8-9-20-39-28)35(37(43)44)42-38(45)41-34-30(25(2)3)16-11-17-31(34)26(4)5/h8-18,20-21,24-26H,6-7,19,22-23H2,1-5H3,(H2,41,42,45). The van der Waals surface area contributed by atoms with Gasteiger partial charge in [-0.1, -0.05) is 77.4 Å². The van der Waals surface area contributed by atoms with Crippen LogP contribution in [0.25, 0.3) is 22.2 Å². The number of nitrogens with zero attached hydrogens (tertiary/aromatic N) is 3. The van der Waals surface area contributed by atoms with E-state index in [1.807, 2.05) is 72.8 Å². The van der Waals surface area contributed by atoms with E-state index in [0.29, 0.717) is 36.5 Å². The van der Waals surface area contributed by atoms with Gasteiger partial charge in [-0.25, -0.2) is 9.78 Å². The molecule has 8 nitrogen and oxygen atoms in total. The first-order valence-corrected chi connectivity index (χ1v) is 16.1. The number of aryl methyl sites for hydroxylation is 1. The Bertz CT molecular complexity index is 1840. The monoisotopic (exact) mass is 617 g/mol. The van der Waals surface area contributed by atoms with E-state index in [9.17, 15) is 9.59 Å². The van der Waals surface area contributed by atoms with Crippen molar-refractivity contribution in [2.45, 2.75) is 72.3 Å². The topological polar surface area (TPSA) is 98.1 Å². The first-order valence-electron chi connectivity index (χ1n) is 16.1. The van der Waals surface area contributed by atoms with Crippen LogP contribution >= 0.6 is 0 Å². The number of hydrogen-bond donors (Lipinski definition) is 2. The van der Waals surface area contributed by atoms with E-state index >= 15 is 0 Å². The van der Waals surface area contributed by atoms with Gasteiger partial charge in [0.2, 0.25) is 0 Å². The van der Waals surface area contributed by atoms with Crippen molar-refractivity contribution < 1.29 is 9.53 Å². The number of para-hydroxylation sites is 1. The van der Waals surface area contributed by atoms with E-state index < -0.39 is 6.03 Å². The minimum absolute atomic E-state index is 0.197. The van der Waals surface area contributed by atoms with Crippen LogP contribution in [0, 0.1) is 0 Å². The smallest absolute Gasteiger partial charge is 0.323 e. The molecule has 0 unspecified atom stereocenters. The largest absolute Gasteiger partial charge is 0.493 e. The molecule has 238 valence electrons. The van der Waals surface area contributed by atoms with E-state index in [2.05, 4.69) is 55.2 Å². The number of nitrogens with one attached hydrogen (secondary N) is 2. The van der Waals surface area contributed by atoms with Crippen LogP contribution in [0.1, 0.15) is 76.1 Å². The molecule has 3 heterocycles. The van der Waals surface area contributed by atoms with Crippen LogP contribution in [0.5, 0.6) is 5.75 Å². The van der Waals surface area contributed by atoms with Crippen LogP contribution in [-0.4, -0.2) is 27.2 Å². The van der Waals surface area contributed by atoms with Crippen LogP contribution < -0.4 is 20.9 Å². The second-order valence-corrected chi connectivity index (χ2v) is 12.1. The highest BCUT2D eigenvalue weighted by molar-refractivity contribution is 6.07. The van der Waals surface area contributed by atoms with Gasteiger partial charge >= 0.3 is 6.03 Å². The van der Waals surface area contributed by atoms with Gasteiger partial charge in [0.1, 0.15) is 17.1 Å². The van der Waals surface area contributed by atoms with E-state index in [0.717, 1.165) is 46.3 Å². The molecule has 5 rings (SSSR count). The molecule has 3 aromatic heterocycles. The molecule has 0 aliphatic rings. The van der Waals surface area contributed by atoms with Crippen molar-refractivity contribution in [2.24, 2.45) is 0 Å². The van der Waals surface area contributed by atoms with Crippen molar-refractivity contribution in [3.63, 3.8) is 0 Å². The fourth-order valence-electron chi connectivity index (χ4n) is 5.73. The summed E-state index contributed by atoms with van der Waals surface area (Å²) in [4.78, 5) is 37.1. The third kappa shape index (κ3) is 7.28. The zero-order chi connectivity index (χ0) is 32.6. The van der Waals surface area contributed by atoms with Crippen LogP contribution in [-0.2, 0) is 13.0 Å². The lowest BCUT2D eigenvalue weighted by Gasteiger charge is -2.22. The number of hydrogen-bond acceptors (Lipinski definition) is 5. The second-order valence-electron chi connectivity index (χ2n) is 12.1. The predicted octanol–water partition coefficient (Wildman–Crippen LogP) is 8.77. The number of anilines is 2. The molecular formula is C38H43N5O3. The minimum atomic E-state index is -0.471. The number of pyridine rings is 3. The highest BCUT2D eigenvalue weighted by Gasteiger charge is 2.23. The number of amides is 2. The summed E-state index contributed by atoms with van der Waals surface area (Å²) in [5.74, 6) is 1.05. The summed E-state index contributed by atoms with van der Waals surface area (Å²) in [6, 6.07) is 22.9. The number of carbonyl (C=O) groups is 1. The second kappa shape index (κ2) is 14.9. The third-order valence-corrected chi connectivity index (χ3v) is 8.08. The van der Waals surface area contributed by atoms with Crippen molar-refractivity contribution in [1.29, 1.82) is 0 Å². The summed E-state index contributed by atoms with van der Waals surface area (Å²) < 4.78 is 7.80. The first-order chi connectivity index (χ1) is 22.3. The van der Waals surface area contributed by atoms with Crippen molar-refractivity contribution in [1.82, 2.24) is 14.5 Å². The van der Waals surface area contributed by atoms with Gasteiger partial charge in [0.05, 0.1) is 6.61 Å². The van der Waals surface area contributed by atoms with Crippen LogP contribution in [0.4, 0.5) is 16.2 Å². The summed E-state index contributed by atoms with van der Waals surface area (Å²) in [5, 5.41) is 6.88. The van der Waals surface area contributed by atoms with Gasteiger partial charge in [-0.2, -0.15) is 0 Å². The quantitative estimate of drug-likeness (QED) is 0.146. The van der Waals surface area contributed by atoms with Crippen LogP contribution in [0.3, 0.4) is 0 Å². The predicted molar refractivity (Wildman–Crippen MR) is 187 cm³/mol. The zero-order valence-electron chi connectivity index (χ0n) is 27.3. The first kappa shape index (κ1) is 32.4. The average molecular weight is 618 g/mol. The number of carbonyl (C=O) groups excluding carboxylic acids is 1. The summed E-state index contributed by atoms with van der Waals surface area (Å²) in [5.41, 5.74) is 5.64. The van der Waals surface area contributed by atoms with Gasteiger partial charge in [0, 0.05) is 47.7 Å². The Labute approximate surface area is 270 Å². The molecule has 8 heteroatoms. The molecule has 0 fully saturated rings. The Morgan fingerprint density at radius 2 is 1.57 bits per heavy atom. The summed E-state index contributed by atoms with van der Waals surface area (Å²) in [6.45, 7) is 11.4. The molecule has 0 saturated carbocycles. The summed E-state index contributed by atoms with van der Waals surface area (Å²) in [7, 11) is 0. The lowest BCUT2D eigenvalue weighted by Crippen LogP contribution is -2.30. The maximum Gasteiger partial charge on any atom is 0.323 e. The van der Waals surface area contributed by atoms with E-state index in [-0.39, 0.29) is 23.1 Å². The number of urea groups is 1. The van der Waals surface area contributed by atoms with Crippen molar-refractivity contribution in [2.75, 3.05) is 17.2 Å². The van der Waals surface area contributed by atoms with E-state index in [1.165, 1.54) is 0 Å². The Hall–Kier alpha value is -4.98. The summed E-state index contributed by atoms with van der Waals surface area (Å²) >= 11 is 0. The van der Waals surface area contributed by atoms with Crippen LogP contribution in [0.2, 0.25) is 0 Å². The van der Waals surface area contributed by atoms with Gasteiger partial charge in [-0.05, 0) is 71.3 Å². The molecule has 0 spiro atoms. The molecule has 5 aromatic rings. The normalized spacial score (nSPS) is 11.3. The SMILES string of the molecule is CCCCn1c(=O)c(NC(=O)Nc2c(C(C)C)cccc2C(C)C)c(-c2cccc(OCCc3ccccn3)c2)c2cccnc21. The highest BCUT2D eigenvalue weighted by atomic mass is 16.5. The van der Waals surface area contributed by atoms with Crippen molar-refractivity contribution in [3.8, 4) is 16.9 Å². The Balaban J connectivity index is 1.57. The summed E-state index contributed by atoms with van der Waals surface area (Å²) in [6.07, 6.45) is 5.84.